The maximum atomic E-state index is 9.34. The van der Waals surface area contributed by atoms with Gasteiger partial charge in [0.15, 0.2) is 0 Å². The van der Waals surface area contributed by atoms with Gasteiger partial charge in [-0.2, -0.15) is 0 Å². The molecule has 2 heterocycles. The number of hydrogen-bond donors (Lipinski definition) is 2. The molecule has 96 valence electrons. The Labute approximate surface area is 107 Å². The lowest BCUT2D eigenvalue weighted by atomic mass is 10.5. The minimum atomic E-state index is 0.0126. The lowest BCUT2D eigenvalue weighted by Crippen LogP contribution is -2.14. The first-order valence-electron chi connectivity index (χ1n) is 5.39. The van der Waals surface area contributed by atoms with Gasteiger partial charge in [-0.1, -0.05) is 12.1 Å². The molecule has 0 radical (unpaired) electrons. The number of nitrogens with one attached hydrogen (secondary N) is 1. The highest BCUT2D eigenvalue weighted by molar-refractivity contribution is 5.45. The molecule has 2 N–H and O–H groups in total. The molecule has 0 unspecified atom stereocenters. The van der Waals surface area contributed by atoms with Crippen molar-refractivity contribution in [2.75, 3.05) is 13.2 Å². The molecule has 0 fully saturated rings. The summed E-state index contributed by atoms with van der Waals surface area (Å²) >= 11 is 0. The molecule has 0 atom stereocenters. The zero-order valence-electron chi connectivity index (χ0n) is 10.0. The van der Waals surface area contributed by atoms with Gasteiger partial charge in [0.25, 0.3) is 0 Å². The van der Waals surface area contributed by atoms with Crippen LogP contribution in [-0.2, 0) is 4.79 Å². The van der Waals surface area contributed by atoms with E-state index in [9.17, 15) is 4.79 Å². The molecular formula is C13H17N3O2. The molecule has 1 amide bonds. The molecule has 0 bridgehead atoms. The fourth-order valence-electron chi connectivity index (χ4n) is 0.749. The van der Waals surface area contributed by atoms with Crippen molar-refractivity contribution in [2.24, 2.45) is 0 Å². The first-order chi connectivity index (χ1) is 8.91. The highest BCUT2D eigenvalue weighted by Crippen LogP contribution is 1.74. The summed E-state index contributed by atoms with van der Waals surface area (Å²) in [6.45, 7) is 0.363. The second kappa shape index (κ2) is 14.7. The molecule has 0 aliphatic rings. The number of nitrogens with zero attached hydrogens (tertiary/aromatic N) is 2. The number of rotatable bonds is 3. The summed E-state index contributed by atoms with van der Waals surface area (Å²) in [4.78, 5) is 16.9. The van der Waals surface area contributed by atoms with Crippen molar-refractivity contribution >= 4 is 6.41 Å². The maximum Gasteiger partial charge on any atom is 0.207 e. The van der Waals surface area contributed by atoms with E-state index in [0.29, 0.717) is 13.0 Å². The van der Waals surface area contributed by atoms with Crippen molar-refractivity contribution in [3.8, 4) is 0 Å². The van der Waals surface area contributed by atoms with Crippen LogP contribution in [0.3, 0.4) is 0 Å². The highest BCUT2D eigenvalue weighted by Gasteiger charge is 1.70. The van der Waals surface area contributed by atoms with Crippen molar-refractivity contribution in [3.05, 3.63) is 61.2 Å². The standard InChI is InChI=1S/2C5H5N.C3H7NO2/c2*1-2-4-6-5-3-1;5-2-1-4-3-6/h2*1-5H;3,5H,1-2H2,(H,4,6). The topological polar surface area (TPSA) is 75.1 Å². The van der Waals surface area contributed by atoms with Gasteiger partial charge in [0, 0.05) is 31.3 Å². The molecule has 0 aliphatic carbocycles. The van der Waals surface area contributed by atoms with Gasteiger partial charge in [0.1, 0.15) is 0 Å². The summed E-state index contributed by atoms with van der Waals surface area (Å²) < 4.78 is 0. The van der Waals surface area contributed by atoms with Gasteiger partial charge < -0.3 is 10.4 Å². The van der Waals surface area contributed by atoms with E-state index >= 15 is 0 Å². The Kier molecular flexibility index (Phi) is 12.9. The molecule has 5 nitrogen and oxygen atoms in total. The number of amides is 1. The van der Waals surface area contributed by atoms with Gasteiger partial charge >= 0.3 is 0 Å². The third-order valence-corrected chi connectivity index (χ3v) is 1.47. The van der Waals surface area contributed by atoms with Gasteiger partial charge in [0.05, 0.1) is 6.61 Å². The minimum Gasteiger partial charge on any atom is -0.395 e. The Morgan fingerprint density at radius 3 is 1.44 bits per heavy atom. The zero-order valence-corrected chi connectivity index (χ0v) is 10.0. The van der Waals surface area contributed by atoms with E-state index in [-0.39, 0.29) is 6.61 Å². The van der Waals surface area contributed by atoms with Crippen LogP contribution in [0.5, 0.6) is 0 Å². The molecule has 0 spiro atoms. The monoisotopic (exact) mass is 247 g/mol. The van der Waals surface area contributed by atoms with E-state index in [0.717, 1.165) is 0 Å². The van der Waals surface area contributed by atoms with E-state index < -0.39 is 0 Å². The smallest absolute Gasteiger partial charge is 0.207 e. The van der Waals surface area contributed by atoms with Crippen LogP contribution in [0, 0.1) is 0 Å². The molecule has 18 heavy (non-hydrogen) atoms. The Bertz CT molecular complexity index is 272. The molecule has 0 saturated carbocycles. The van der Waals surface area contributed by atoms with Crippen molar-refractivity contribution in [1.82, 2.24) is 15.3 Å². The molecule has 2 aromatic heterocycles. The summed E-state index contributed by atoms with van der Waals surface area (Å²) in [7, 11) is 0. The number of aliphatic hydroxyl groups is 1. The molecule has 5 heteroatoms. The van der Waals surface area contributed by atoms with E-state index in [1.165, 1.54) is 0 Å². The van der Waals surface area contributed by atoms with Crippen LogP contribution in [-0.4, -0.2) is 34.6 Å². The lowest BCUT2D eigenvalue weighted by Gasteiger charge is -1.85. The largest absolute Gasteiger partial charge is 0.395 e. The quantitative estimate of drug-likeness (QED) is 0.624. The fraction of sp³-hybridized carbons (Fsp3) is 0.154. The summed E-state index contributed by atoms with van der Waals surface area (Å²) in [5, 5.41) is 10.2. The summed E-state index contributed by atoms with van der Waals surface area (Å²) in [5.74, 6) is 0. The van der Waals surface area contributed by atoms with Crippen LogP contribution in [0.4, 0.5) is 0 Å². The van der Waals surface area contributed by atoms with Crippen molar-refractivity contribution in [2.45, 2.75) is 0 Å². The predicted octanol–water partition coefficient (Wildman–Crippen LogP) is 0.888. The normalized spacial score (nSPS) is 7.83. The van der Waals surface area contributed by atoms with Gasteiger partial charge in [-0.15, -0.1) is 0 Å². The number of carbonyl (C=O) groups is 1. The van der Waals surface area contributed by atoms with E-state index in [1.807, 2.05) is 36.4 Å². The van der Waals surface area contributed by atoms with E-state index in [4.69, 9.17) is 5.11 Å². The molecule has 2 rings (SSSR count). The van der Waals surface area contributed by atoms with Crippen molar-refractivity contribution < 1.29 is 9.90 Å². The minimum absolute atomic E-state index is 0.0126. The first-order valence-corrected chi connectivity index (χ1v) is 5.39. The number of hydrogen-bond acceptors (Lipinski definition) is 4. The number of aromatic nitrogens is 2. The number of carbonyl (C=O) groups excluding carboxylic acids is 1. The predicted molar refractivity (Wildman–Crippen MR) is 69.6 cm³/mol. The average molecular weight is 247 g/mol. The SMILES string of the molecule is O=CNCCO.c1ccncc1.c1ccncc1. The average Bonchev–Trinajstić information content (AvgIpc) is 2.50. The van der Waals surface area contributed by atoms with Crippen molar-refractivity contribution in [3.63, 3.8) is 0 Å². The zero-order chi connectivity index (χ0) is 13.3. The van der Waals surface area contributed by atoms with Crippen molar-refractivity contribution in [1.29, 1.82) is 0 Å². The van der Waals surface area contributed by atoms with Gasteiger partial charge in [-0.3, -0.25) is 14.8 Å². The summed E-state index contributed by atoms with van der Waals surface area (Å²) in [6, 6.07) is 11.4. The Hall–Kier alpha value is -2.27. The second-order valence-corrected chi connectivity index (χ2v) is 2.84. The number of aliphatic hydroxyl groups excluding tert-OH is 1. The first kappa shape index (κ1) is 15.7. The van der Waals surface area contributed by atoms with Crippen LogP contribution in [0.25, 0.3) is 0 Å². The highest BCUT2D eigenvalue weighted by atomic mass is 16.3. The Balaban J connectivity index is 0.000000241. The molecule has 2 aromatic rings. The third-order valence-electron chi connectivity index (χ3n) is 1.47. The van der Waals surface area contributed by atoms with Crippen LogP contribution in [0.2, 0.25) is 0 Å². The Morgan fingerprint density at radius 1 is 0.889 bits per heavy atom. The van der Waals surface area contributed by atoms with Crippen LogP contribution in [0.15, 0.2) is 61.2 Å². The molecule has 0 saturated heterocycles. The number of pyridine rings is 2. The second-order valence-electron chi connectivity index (χ2n) is 2.84. The van der Waals surface area contributed by atoms with E-state index in [1.54, 1.807) is 24.8 Å². The fourth-order valence-corrected chi connectivity index (χ4v) is 0.749. The Morgan fingerprint density at radius 2 is 1.33 bits per heavy atom. The summed E-state index contributed by atoms with van der Waals surface area (Å²) in [6.07, 6.45) is 7.55. The molecule has 0 aliphatic heterocycles. The lowest BCUT2D eigenvalue weighted by molar-refractivity contribution is -0.109. The third kappa shape index (κ3) is 13.7. The van der Waals surface area contributed by atoms with Crippen LogP contribution >= 0.6 is 0 Å². The van der Waals surface area contributed by atoms with Crippen LogP contribution < -0.4 is 5.32 Å². The molecule has 0 aromatic carbocycles. The van der Waals surface area contributed by atoms with Gasteiger partial charge in [0.2, 0.25) is 6.41 Å². The molecular weight excluding hydrogens is 230 g/mol. The van der Waals surface area contributed by atoms with E-state index in [2.05, 4.69) is 15.3 Å². The van der Waals surface area contributed by atoms with Gasteiger partial charge in [-0.05, 0) is 24.3 Å². The van der Waals surface area contributed by atoms with Crippen LogP contribution in [0.1, 0.15) is 0 Å². The van der Waals surface area contributed by atoms with Gasteiger partial charge in [-0.25, -0.2) is 0 Å². The maximum absolute atomic E-state index is 9.34. The summed E-state index contributed by atoms with van der Waals surface area (Å²) in [5.41, 5.74) is 0.